The van der Waals surface area contributed by atoms with Crippen LogP contribution in [0.3, 0.4) is 0 Å². The monoisotopic (exact) mass is 782 g/mol. The van der Waals surface area contributed by atoms with E-state index in [9.17, 15) is 18.0 Å². The first kappa shape index (κ1) is 43.9. The molecule has 4 aliphatic rings. The van der Waals surface area contributed by atoms with Crippen LogP contribution in [0.25, 0.3) is 26.4 Å². The summed E-state index contributed by atoms with van der Waals surface area (Å²) < 4.78 is 27.3. The van der Waals surface area contributed by atoms with E-state index in [0.29, 0.717) is 29.7 Å². The van der Waals surface area contributed by atoms with Gasteiger partial charge in [-0.05, 0) is 98.2 Å². The summed E-state index contributed by atoms with van der Waals surface area (Å²) in [4.78, 5) is 34.7. The maximum absolute atomic E-state index is 13.3. The fourth-order valence-electron chi connectivity index (χ4n) is 7.61. The van der Waals surface area contributed by atoms with Crippen molar-refractivity contribution in [3.8, 4) is 0 Å². The second kappa shape index (κ2) is 20.2. The Morgan fingerprint density at radius 2 is 1.19 bits per heavy atom. The molecule has 13 nitrogen and oxygen atoms in total. The fraction of sp³-hybridized carbons (Fsp3) is 0.600. The Morgan fingerprint density at radius 1 is 0.788 bits per heavy atom. The number of rotatable bonds is 9. The summed E-state index contributed by atoms with van der Waals surface area (Å²) in [7, 11) is -3.45. The van der Waals surface area contributed by atoms with Crippen LogP contribution in [0.1, 0.15) is 75.3 Å². The molecule has 2 aromatic rings. The molecule has 2 saturated heterocycles. The van der Waals surface area contributed by atoms with Gasteiger partial charge in [0.1, 0.15) is 0 Å². The zero-order valence-corrected chi connectivity index (χ0v) is 34.2. The number of amides is 2. The number of hydrogen-bond donors (Lipinski definition) is 0. The van der Waals surface area contributed by atoms with Crippen LogP contribution >= 0.6 is 23.2 Å². The molecule has 0 N–H and O–H groups in total. The van der Waals surface area contributed by atoms with Gasteiger partial charge in [0.2, 0.25) is 11.8 Å². The third-order valence-electron chi connectivity index (χ3n) is 10.6. The summed E-state index contributed by atoms with van der Waals surface area (Å²) >= 11 is 12.0. The summed E-state index contributed by atoms with van der Waals surface area (Å²) in [5, 5.41) is 5.05. The van der Waals surface area contributed by atoms with Crippen molar-refractivity contribution in [1.29, 1.82) is 0 Å². The second-order valence-electron chi connectivity index (χ2n) is 13.9. The van der Waals surface area contributed by atoms with Gasteiger partial charge < -0.3 is 20.9 Å². The van der Waals surface area contributed by atoms with E-state index in [-0.39, 0.29) is 65.2 Å². The Balaban J connectivity index is 0.000000257. The number of piperidine rings is 2. The molecule has 2 heterocycles. The van der Waals surface area contributed by atoms with Crippen LogP contribution in [-0.4, -0.2) is 75.6 Å². The predicted octanol–water partition coefficient (Wildman–Crippen LogP) is 5.16. The van der Waals surface area contributed by atoms with E-state index in [2.05, 4.69) is 10.0 Å². The van der Waals surface area contributed by atoms with Crippen LogP contribution < -0.4 is 29.6 Å². The molecular formula is C35H45Cl2N8NaO5S. The molecule has 52 heavy (non-hydrogen) atoms. The van der Waals surface area contributed by atoms with Crippen LogP contribution in [-0.2, 0) is 34.7 Å². The van der Waals surface area contributed by atoms with Gasteiger partial charge >= 0.3 is 29.6 Å². The number of likely N-dealkylation sites (tertiary alicyclic amines) is 2. The van der Waals surface area contributed by atoms with Crippen molar-refractivity contribution >= 4 is 45.1 Å². The average molecular weight is 784 g/mol. The van der Waals surface area contributed by atoms with E-state index in [1.165, 1.54) is 4.91 Å². The molecule has 17 heteroatoms. The minimum atomic E-state index is -3.45. The van der Waals surface area contributed by atoms with Crippen LogP contribution in [0.4, 0.5) is 0 Å². The first-order valence-electron chi connectivity index (χ1n) is 17.3. The SMILES string of the molecule is CS(=O)(=O)OCC1CCCN(C(=O)C2(c3ccc(Cl)cc3)CCC2)C1.[N-]=[N+]=NCC1CCCN(C(=O)C2(c3ccc(Cl)cc3)CCC2)C1.[N-]=[N+]=[N-].[Na+]. The molecule has 2 atom stereocenters. The van der Waals surface area contributed by atoms with Crippen molar-refractivity contribution in [1.82, 2.24) is 9.80 Å². The molecule has 0 radical (unpaired) electrons. The molecule has 2 aliphatic carbocycles. The second-order valence-corrected chi connectivity index (χ2v) is 16.4. The largest absolute Gasteiger partial charge is 1.00 e. The van der Waals surface area contributed by atoms with E-state index in [1.807, 2.05) is 58.3 Å². The molecule has 0 spiro atoms. The molecule has 0 aromatic heterocycles. The van der Waals surface area contributed by atoms with Crippen molar-refractivity contribution in [3.63, 3.8) is 0 Å². The van der Waals surface area contributed by atoms with Gasteiger partial charge in [0.05, 0.1) is 23.7 Å². The van der Waals surface area contributed by atoms with Crippen LogP contribution in [0, 0.1) is 11.8 Å². The molecule has 6 rings (SSSR count). The molecule has 2 saturated carbocycles. The quantitative estimate of drug-likeness (QED) is 0.111. The number of halogens is 2. The van der Waals surface area contributed by atoms with Crippen molar-refractivity contribution < 1.29 is 51.7 Å². The van der Waals surface area contributed by atoms with Gasteiger partial charge in [0.25, 0.3) is 10.1 Å². The van der Waals surface area contributed by atoms with Gasteiger partial charge in [-0.15, -0.1) is 0 Å². The van der Waals surface area contributed by atoms with Gasteiger partial charge in [-0.3, -0.25) is 18.7 Å². The van der Waals surface area contributed by atoms with Crippen LogP contribution in [0.15, 0.2) is 53.6 Å². The Labute approximate surface area is 338 Å². The standard InChI is InChI=1S/C18H24ClNO4S.C17H21ClN4O.N3.Na/c1-25(22,23)24-13-14-4-2-11-20(12-14)17(21)18(9-3-10-18)15-5-7-16(19)8-6-15;18-15-6-4-14(5-7-15)17(8-2-9-17)16(23)22-10-1-3-13(12-22)11-20-21-19;1-3-2;/h5-8,14H,2-4,9-13H2,1H3;4-7,13H,1-3,8-12H2;;/q;;-1;+1. The molecular weight excluding hydrogens is 738 g/mol. The number of benzene rings is 2. The van der Waals surface area contributed by atoms with E-state index in [0.717, 1.165) is 94.7 Å². The molecule has 276 valence electrons. The van der Waals surface area contributed by atoms with Gasteiger partial charge in [0, 0.05) is 53.6 Å². The predicted molar refractivity (Wildman–Crippen MR) is 197 cm³/mol. The first-order valence-corrected chi connectivity index (χ1v) is 19.9. The first-order chi connectivity index (χ1) is 24.4. The molecule has 2 aliphatic heterocycles. The van der Waals surface area contributed by atoms with Gasteiger partial charge in [-0.1, -0.05) is 65.4 Å². The third-order valence-corrected chi connectivity index (χ3v) is 11.6. The summed E-state index contributed by atoms with van der Waals surface area (Å²) in [6.07, 6.45) is 10.5. The number of azide groups is 1. The topological polar surface area (TPSA) is 191 Å². The maximum atomic E-state index is 13.3. The molecule has 2 unspecified atom stereocenters. The minimum absolute atomic E-state index is 0. The normalized spacial score (nSPS) is 21.4. The van der Waals surface area contributed by atoms with E-state index in [1.54, 1.807) is 0 Å². The summed E-state index contributed by atoms with van der Waals surface area (Å²) in [5.74, 6) is 0.738. The average Bonchev–Trinajstić information content (AvgIpc) is 3.07. The third kappa shape index (κ3) is 11.3. The van der Waals surface area contributed by atoms with Crippen molar-refractivity contribution in [2.24, 2.45) is 17.0 Å². The number of carbonyl (C=O) groups excluding carboxylic acids is 2. The number of carbonyl (C=O) groups is 2. The van der Waals surface area contributed by atoms with Gasteiger partial charge in [-0.25, -0.2) is 0 Å². The smallest absolute Gasteiger partial charge is 0.373 e. The van der Waals surface area contributed by atoms with Gasteiger partial charge in [0.15, 0.2) is 0 Å². The Morgan fingerprint density at radius 3 is 1.56 bits per heavy atom. The molecule has 0 bridgehead atoms. The van der Waals surface area contributed by atoms with Crippen LogP contribution in [0.2, 0.25) is 10.0 Å². The molecule has 2 amide bonds. The van der Waals surface area contributed by atoms with E-state index < -0.39 is 15.5 Å². The Bertz CT molecular complexity index is 1700. The van der Waals surface area contributed by atoms with E-state index in [4.69, 9.17) is 44.0 Å². The van der Waals surface area contributed by atoms with Gasteiger partial charge in [-0.2, -0.15) is 8.42 Å². The summed E-state index contributed by atoms with van der Waals surface area (Å²) in [6, 6.07) is 15.3. The van der Waals surface area contributed by atoms with Crippen molar-refractivity contribution in [3.05, 3.63) is 96.1 Å². The fourth-order valence-corrected chi connectivity index (χ4v) is 8.30. The van der Waals surface area contributed by atoms with E-state index >= 15 is 0 Å². The Hall–Kier alpha value is -2.51. The van der Waals surface area contributed by atoms with Crippen molar-refractivity contribution in [2.45, 2.75) is 75.0 Å². The Kier molecular flexibility index (Phi) is 17.1. The summed E-state index contributed by atoms with van der Waals surface area (Å²) in [5.41, 5.74) is 23.3. The molecule has 4 fully saturated rings. The zero-order chi connectivity index (χ0) is 37.1. The molecule has 2 aromatic carbocycles. The number of hydrogen-bond acceptors (Lipinski definition) is 6. The van der Waals surface area contributed by atoms with Crippen molar-refractivity contribution in [2.75, 3.05) is 45.6 Å². The zero-order valence-electron chi connectivity index (χ0n) is 29.9. The maximum Gasteiger partial charge on any atom is 1.00 e. The van der Waals surface area contributed by atoms with Crippen LogP contribution in [0.5, 0.6) is 0 Å². The number of nitrogens with zero attached hydrogens (tertiary/aromatic N) is 8. The minimum Gasteiger partial charge on any atom is -0.373 e. The summed E-state index contributed by atoms with van der Waals surface area (Å²) in [6.45, 7) is 3.42.